The molecule has 23 heavy (non-hydrogen) atoms. The minimum atomic E-state index is -0.275. The zero-order valence-corrected chi connectivity index (χ0v) is 14.0. The Balaban J connectivity index is 0.00000192. The minimum absolute atomic E-state index is 0. The molecule has 3 nitrogen and oxygen atoms in total. The molecule has 0 aromatic carbocycles. The zero-order valence-electron chi connectivity index (χ0n) is 12.4. The first-order valence-electron chi connectivity index (χ1n) is 7.09. The van der Waals surface area contributed by atoms with E-state index in [0.717, 1.165) is 15.1 Å². The van der Waals surface area contributed by atoms with Gasteiger partial charge in [-0.2, -0.15) is 0 Å². The van der Waals surface area contributed by atoms with E-state index in [-0.39, 0.29) is 23.3 Å². The Hall–Kier alpha value is -2.30. The molecular weight excluding hydrogens is 326 g/mol. The Bertz CT molecular complexity index is 596. The van der Waals surface area contributed by atoms with Crippen LogP contribution in [-0.2, 0) is 10.9 Å². The molecule has 0 atom stereocenters. The van der Waals surface area contributed by atoms with E-state index in [1.807, 2.05) is 55.1 Å². The third kappa shape index (κ3) is 4.58. The Morgan fingerprint density at radius 2 is 0.826 bits per heavy atom. The molecule has 0 bridgehead atoms. The molecule has 3 N–H and O–H groups in total. The summed E-state index contributed by atoms with van der Waals surface area (Å²) in [7, 11) is -0.275. The normalized spacial score (nSPS) is 18.4. The smallest absolute Gasteiger partial charge is 0.239 e. The average molecular weight is 344 g/mol. The number of rotatable bonds is 3. The summed E-state index contributed by atoms with van der Waals surface area (Å²) in [6.07, 6.45) is 30.4. The van der Waals surface area contributed by atoms with Gasteiger partial charge in [0.2, 0.25) is 15.1 Å². The van der Waals surface area contributed by atoms with Crippen LogP contribution < -0.4 is 28.4 Å². The van der Waals surface area contributed by atoms with Gasteiger partial charge in [-0.3, -0.25) is 0 Å². The topological polar surface area (TPSA) is 36.1 Å². The van der Waals surface area contributed by atoms with Gasteiger partial charge >= 0.3 is 0 Å². The Morgan fingerprint density at radius 1 is 0.478 bits per heavy atom. The van der Waals surface area contributed by atoms with Crippen LogP contribution in [-0.4, -0.2) is 0 Å². The van der Waals surface area contributed by atoms with Crippen molar-refractivity contribution in [2.45, 2.75) is 0 Å². The molecule has 0 fully saturated rings. The van der Waals surface area contributed by atoms with Crippen molar-refractivity contribution in [3.05, 3.63) is 107 Å². The van der Waals surface area contributed by atoms with Crippen LogP contribution in [0.1, 0.15) is 0 Å². The molecule has 5 heteroatoms. The van der Waals surface area contributed by atoms with E-state index in [9.17, 15) is 0 Å². The minimum Gasteiger partial charge on any atom is -1.00 e. The number of hydrogen-bond donors (Lipinski definition) is 3. The molecule has 0 radical (unpaired) electrons. The van der Waals surface area contributed by atoms with Gasteiger partial charge in [-0.05, 0) is 18.2 Å². The average Bonchev–Trinajstić information content (AvgIpc) is 3.04. The first-order valence-corrected chi connectivity index (χ1v) is 8.32. The highest BCUT2D eigenvalue weighted by atomic mass is 35.5. The van der Waals surface area contributed by atoms with Gasteiger partial charge in [0.05, 0.1) is 0 Å². The van der Waals surface area contributed by atoms with Crippen molar-refractivity contribution in [1.82, 2.24) is 16.0 Å². The first-order chi connectivity index (χ1) is 10.9. The summed E-state index contributed by atoms with van der Waals surface area (Å²) in [5.41, 5.74) is 0. The molecule has 0 aromatic rings. The summed E-state index contributed by atoms with van der Waals surface area (Å²) in [6.45, 7) is 0. The van der Waals surface area contributed by atoms with E-state index in [1.165, 1.54) is 0 Å². The van der Waals surface area contributed by atoms with Crippen molar-refractivity contribution in [3.63, 3.8) is 0 Å². The lowest BCUT2D eigenvalue weighted by Gasteiger charge is -2.14. The predicted molar refractivity (Wildman–Crippen MR) is 95.9 cm³/mol. The van der Waals surface area contributed by atoms with Crippen LogP contribution in [0.15, 0.2) is 107 Å². The predicted octanol–water partition coefficient (Wildman–Crippen LogP) is 0.152. The van der Waals surface area contributed by atoms with Crippen molar-refractivity contribution >= 4 is 10.9 Å². The van der Waals surface area contributed by atoms with Crippen molar-refractivity contribution in [2.24, 2.45) is 0 Å². The van der Waals surface area contributed by atoms with E-state index in [4.69, 9.17) is 0 Å². The summed E-state index contributed by atoms with van der Waals surface area (Å²) in [4.78, 5) is 0. The van der Waals surface area contributed by atoms with Crippen LogP contribution >= 0.6 is 0 Å². The highest BCUT2D eigenvalue weighted by Crippen LogP contribution is 2.26. The summed E-state index contributed by atoms with van der Waals surface area (Å²) < 4.78 is 0. The van der Waals surface area contributed by atoms with Crippen molar-refractivity contribution in [1.29, 1.82) is 0 Å². The van der Waals surface area contributed by atoms with E-state index >= 15 is 0 Å². The number of hydrogen-bond acceptors (Lipinski definition) is 3. The monoisotopic (exact) mass is 343 g/mol. The Morgan fingerprint density at radius 3 is 1.17 bits per heavy atom. The molecule has 3 aliphatic rings. The fraction of sp³-hybridized carbons (Fsp3) is 0. The lowest BCUT2D eigenvalue weighted by Crippen LogP contribution is -3.00. The van der Waals surface area contributed by atoms with Crippen LogP contribution in [0.3, 0.4) is 0 Å². The molecule has 0 saturated carbocycles. The van der Waals surface area contributed by atoms with E-state index in [2.05, 4.69) is 52.4 Å². The number of allylic oxidation sites excluding steroid dienone is 12. The van der Waals surface area contributed by atoms with Crippen LogP contribution in [0.25, 0.3) is 0 Å². The van der Waals surface area contributed by atoms with Gasteiger partial charge in [0.15, 0.2) is 10.9 Å². The summed E-state index contributed by atoms with van der Waals surface area (Å²) in [5.74, 6) is 0. The van der Waals surface area contributed by atoms with Crippen LogP contribution in [0.4, 0.5) is 0 Å². The van der Waals surface area contributed by atoms with Gasteiger partial charge in [-0.1, -0.05) is 36.5 Å². The van der Waals surface area contributed by atoms with Gasteiger partial charge in [0.25, 0.3) is 0 Å². The molecular formula is C18H18ClN3S. The van der Waals surface area contributed by atoms with Gasteiger partial charge in [0.1, 0.15) is 0 Å². The molecule has 0 aromatic heterocycles. The summed E-state index contributed by atoms with van der Waals surface area (Å²) >= 11 is 0. The quantitative estimate of drug-likeness (QED) is 0.639. The fourth-order valence-corrected chi connectivity index (χ4v) is 3.97. The highest BCUT2D eigenvalue weighted by Gasteiger charge is 2.35. The fourth-order valence-electron chi connectivity index (χ4n) is 2.06. The SMILES string of the molecule is C1=CC=C([S+](C2=CC=CC=CN2)C2=CC=CC=CN2)NC=C1.[Cl-]. The van der Waals surface area contributed by atoms with E-state index in [1.54, 1.807) is 0 Å². The second kappa shape index (κ2) is 8.98. The van der Waals surface area contributed by atoms with Gasteiger partial charge in [-0.15, -0.1) is 0 Å². The lowest BCUT2D eigenvalue weighted by molar-refractivity contribution is -0.00000425. The first kappa shape index (κ1) is 17.1. The molecule has 0 spiro atoms. The largest absolute Gasteiger partial charge is 1.00 e. The van der Waals surface area contributed by atoms with E-state index in [0.29, 0.717) is 0 Å². The molecule has 118 valence electrons. The Labute approximate surface area is 146 Å². The third-order valence-corrected chi connectivity index (χ3v) is 5.12. The van der Waals surface area contributed by atoms with Crippen LogP contribution in [0.5, 0.6) is 0 Å². The van der Waals surface area contributed by atoms with Crippen molar-refractivity contribution < 1.29 is 12.4 Å². The lowest BCUT2D eigenvalue weighted by atomic mass is 10.5. The summed E-state index contributed by atoms with van der Waals surface area (Å²) in [6, 6.07) is 0. The molecule has 3 heterocycles. The van der Waals surface area contributed by atoms with Gasteiger partial charge < -0.3 is 28.4 Å². The van der Waals surface area contributed by atoms with Gasteiger partial charge in [0, 0.05) is 36.8 Å². The second-order valence-corrected chi connectivity index (χ2v) is 6.50. The standard InChI is InChI=1S/C18H18N3S.ClH/c1-4-10-16(19-13-7-1)22(17-11-5-2-8-14-20-17)18-12-6-3-9-15-21-18;/h1-15,19-21H;1H/q+1;/p-1. The molecule has 0 amide bonds. The van der Waals surface area contributed by atoms with Crippen LogP contribution in [0.2, 0.25) is 0 Å². The molecule has 3 rings (SSSR count). The molecule has 0 aliphatic carbocycles. The maximum atomic E-state index is 3.39. The number of halogens is 1. The maximum Gasteiger partial charge on any atom is 0.239 e. The second-order valence-electron chi connectivity index (χ2n) is 4.56. The third-order valence-electron chi connectivity index (χ3n) is 3.03. The van der Waals surface area contributed by atoms with Gasteiger partial charge in [-0.25, -0.2) is 0 Å². The van der Waals surface area contributed by atoms with Crippen LogP contribution in [0, 0.1) is 0 Å². The van der Waals surface area contributed by atoms with Crippen molar-refractivity contribution in [3.8, 4) is 0 Å². The molecule has 0 unspecified atom stereocenters. The molecule has 0 saturated heterocycles. The van der Waals surface area contributed by atoms with E-state index < -0.39 is 0 Å². The zero-order chi connectivity index (χ0) is 15.0. The highest BCUT2D eigenvalue weighted by molar-refractivity contribution is 8.07. The number of nitrogens with one attached hydrogen (secondary N) is 3. The van der Waals surface area contributed by atoms with Crippen molar-refractivity contribution in [2.75, 3.05) is 0 Å². The maximum absolute atomic E-state index is 3.39. The summed E-state index contributed by atoms with van der Waals surface area (Å²) in [5, 5.41) is 13.6. The molecule has 3 aliphatic heterocycles. The Kier molecular flexibility index (Phi) is 6.66.